The summed E-state index contributed by atoms with van der Waals surface area (Å²) in [4.78, 5) is 17.6. The summed E-state index contributed by atoms with van der Waals surface area (Å²) in [5.74, 6) is 0. The van der Waals surface area contributed by atoms with Gasteiger partial charge in [-0.05, 0) is 20.8 Å². The lowest BCUT2D eigenvalue weighted by molar-refractivity contribution is -0.386. The van der Waals surface area contributed by atoms with Crippen molar-refractivity contribution < 1.29 is 19.7 Å². The van der Waals surface area contributed by atoms with E-state index in [4.69, 9.17) is 0 Å². The zero-order valence-corrected chi connectivity index (χ0v) is 5.63. The molecule has 0 spiro atoms. The van der Waals surface area contributed by atoms with Gasteiger partial charge in [-0.3, -0.25) is 0 Å². The molecule has 0 unspecified atom stereocenters. The summed E-state index contributed by atoms with van der Waals surface area (Å²) >= 11 is 0. The highest BCUT2D eigenvalue weighted by Crippen LogP contribution is 2.05. The molecule has 0 saturated carbocycles. The molecule has 0 radical (unpaired) electrons. The van der Waals surface area contributed by atoms with E-state index in [2.05, 4.69) is 9.78 Å². The molecule has 4 heteroatoms. The Morgan fingerprint density at radius 1 is 1.44 bits per heavy atom. The molecule has 0 aromatic rings. The fourth-order valence-electron chi connectivity index (χ4n) is 0.159. The first kappa shape index (κ1) is 8.23. The van der Waals surface area contributed by atoms with E-state index < -0.39 is 11.8 Å². The number of carboxylic acid groups (broad SMARTS) is 1. The second-order valence-corrected chi connectivity index (χ2v) is 2.53. The van der Waals surface area contributed by atoms with Crippen LogP contribution in [-0.4, -0.2) is 11.8 Å². The molecule has 0 heterocycles. The molecule has 0 aliphatic heterocycles. The van der Waals surface area contributed by atoms with E-state index in [1.54, 1.807) is 20.8 Å². The van der Waals surface area contributed by atoms with Crippen molar-refractivity contribution >= 4 is 6.16 Å². The van der Waals surface area contributed by atoms with Crippen molar-refractivity contribution in [3.63, 3.8) is 0 Å². The third-order valence-corrected chi connectivity index (χ3v) is 0.360. The summed E-state index contributed by atoms with van der Waals surface area (Å²) in [5.41, 5.74) is -0.611. The Morgan fingerprint density at radius 2 is 1.89 bits per heavy atom. The van der Waals surface area contributed by atoms with Gasteiger partial charge in [0.25, 0.3) is 6.16 Å². The molecule has 9 heavy (non-hydrogen) atoms. The van der Waals surface area contributed by atoms with Crippen LogP contribution in [0.15, 0.2) is 0 Å². The lowest BCUT2D eigenvalue weighted by atomic mass is 10.2. The molecule has 0 atom stereocenters. The SMILES string of the molecule is CC(C)(C)OOC(=O)[O-]. The van der Waals surface area contributed by atoms with E-state index in [-0.39, 0.29) is 0 Å². The van der Waals surface area contributed by atoms with Gasteiger partial charge in [0.2, 0.25) is 0 Å². The molecule has 0 aliphatic rings. The fourth-order valence-corrected chi connectivity index (χ4v) is 0.159. The molecule has 0 fully saturated rings. The monoisotopic (exact) mass is 133 g/mol. The second-order valence-electron chi connectivity index (χ2n) is 2.53. The van der Waals surface area contributed by atoms with Crippen molar-refractivity contribution in [1.29, 1.82) is 0 Å². The third-order valence-electron chi connectivity index (χ3n) is 0.360. The van der Waals surface area contributed by atoms with E-state index >= 15 is 0 Å². The van der Waals surface area contributed by atoms with Crippen LogP contribution < -0.4 is 5.11 Å². The van der Waals surface area contributed by atoms with Crippen molar-refractivity contribution in [2.75, 3.05) is 0 Å². The predicted molar refractivity (Wildman–Crippen MR) is 27.3 cm³/mol. The lowest BCUT2D eigenvalue weighted by Gasteiger charge is -2.20. The van der Waals surface area contributed by atoms with Crippen LogP contribution in [0.25, 0.3) is 0 Å². The second kappa shape index (κ2) is 2.68. The molecular formula is C5H9O4-. The Labute approximate surface area is 53.3 Å². The summed E-state index contributed by atoms with van der Waals surface area (Å²) in [6.07, 6.45) is -1.68. The van der Waals surface area contributed by atoms with Crippen molar-refractivity contribution in [3.05, 3.63) is 0 Å². The molecule has 0 aromatic heterocycles. The molecule has 54 valence electrons. The number of rotatable bonds is 1. The van der Waals surface area contributed by atoms with Gasteiger partial charge in [-0.25, -0.2) is 4.89 Å². The number of carbonyl (C=O) groups excluding carboxylic acids is 1. The van der Waals surface area contributed by atoms with E-state index in [1.165, 1.54) is 0 Å². The average Bonchev–Trinajstić information content (AvgIpc) is 1.59. The Bertz CT molecular complexity index is 102. The van der Waals surface area contributed by atoms with Crippen LogP contribution in [0.1, 0.15) is 20.8 Å². The van der Waals surface area contributed by atoms with E-state index in [9.17, 15) is 9.90 Å². The van der Waals surface area contributed by atoms with Gasteiger partial charge in [0, 0.05) is 0 Å². The minimum Gasteiger partial charge on any atom is -0.424 e. The van der Waals surface area contributed by atoms with Gasteiger partial charge in [-0.1, -0.05) is 0 Å². The normalized spacial score (nSPS) is 11.0. The molecular weight excluding hydrogens is 124 g/mol. The topological polar surface area (TPSA) is 58.6 Å². The summed E-state index contributed by atoms with van der Waals surface area (Å²) < 4.78 is 0. The largest absolute Gasteiger partial charge is 0.424 e. The van der Waals surface area contributed by atoms with Gasteiger partial charge in [0.1, 0.15) is 0 Å². The van der Waals surface area contributed by atoms with Gasteiger partial charge in [0.15, 0.2) is 0 Å². The Hall–Kier alpha value is -0.770. The van der Waals surface area contributed by atoms with Crippen LogP contribution in [0.5, 0.6) is 0 Å². The van der Waals surface area contributed by atoms with E-state index in [1.807, 2.05) is 0 Å². The first-order chi connectivity index (χ1) is 3.92. The zero-order chi connectivity index (χ0) is 7.49. The highest BCUT2D eigenvalue weighted by atomic mass is 17.2. The van der Waals surface area contributed by atoms with Crippen molar-refractivity contribution in [2.24, 2.45) is 0 Å². The number of carbonyl (C=O) groups is 1. The van der Waals surface area contributed by atoms with Gasteiger partial charge in [-0.2, -0.15) is 0 Å². The van der Waals surface area contributed by atoms with E-state index in [0.29, 0.717) is 0 Å². The van der Waals surface area contributed by atoms with Gasteiger partial charge in [0.05, 0.1) is 5.60 Å². The van der Waals surface area contributed by atoms with Crippen molar-refractivity contribution in [3.8, 4) is 0 Å². The molecule has 0 rings (SSSR count). The highest BCUT2D eigenvalue weighted by molar-refractivity contribution is 5.53. The van der Waals surface area contributed by atoms with Crippen molar-refractivity contribution in [2.45, 2.75) is 26.4 Å². The summed E-state index contributed by atoms with van der Waals surface area (Å²) in [6, 6.07) is 0. The van der Waals surface area contributed by atoms with Crippen LogP contribution in [0.3, 0.4) is 0 Å². The summed E-state index contributed by atoms with van der Waals surface area (Å²) in [5, 5.41) is 9.59. The molecule has 0 saturated heterocycles. The minimum atomic E-state index is -1.68. The maximum atomic E-state index is 9.59. The smallest absolute Gasteiger partial charge is 0.278 e. The van der Waals surface area contributed by atoms with Gasteiger partial charge >= 0.3 is 0 Å². The third kappa shape index (κ3) is 7.23. The minimum absolute atomic E-state index is 0.611. The standard InChI is InChI=1S/C5H10O4/c1-5(2,3)9-8-4(6)7/h1-3H3,(H,6,7)/p-1. The van der Waals surface area contributed by atoms with Gasteiger partial charge in [-0.15, -0.1) is 0 Å². The lowest BCUT2D eigenvalue weighted by Crippen LogP contribution is -2.29. The van der Waals surface area contributed by atoms with Crippen LogP contribution in [-0.2, 0) is 9.78 Å². The van der Waals surface area contributed by atoms with Crippen LogP contribution in [0.2, 0.25) is 0 Å². The van der Waals surface area contributed by atoms with Crippen LogP contribution >= 0.6 is 0 Å². The predicted octanol–water partition coefficient (Wildman–Crippen LogP) is 0.0764. The maximum Gasteiger partial charge on any atom is 0.278 e. The molecule has 0 amide bonds. The molecule has 0 aliphatic carbocycles. The average molecular weight is 133 g/mol. The highest BCUT2D eigenvalue weighted by Gasteiger charge is 2.09. The summed E-state index contributed by atoms with van der Waals surface area (Å²) in [6.45, 7) is 4.99. The molecule has 4 nitrogen and oxygen atoms in total. The Kier molecular flexibility index (Phi) is 2.45. The molecule has 0 bridgehead atoms. The van der Waals surface area contributed by atoms with Crippen LogP contribution in [0, 0.1) is 0 Å². The Morgan fingerprint density at radius 3 is 2.00 bits per heavy atom. The van der Waals surface area contributed by atoms with Crippen molar-refractivity contribution in [1.82, 2.24) is 0 Å². The molecule has 0 N–H and O–H groups in total. The Balaban J connectivity index is 3.39. The zero-order valence-electron chi connectivity index (χ0n) is 5.63. The first-order valence-electron chi connectivity index (χ1n) is 2.48. The number of hydrogen-bond acceptors (Lipinski definition) is 4. The van der Waals surface area contributed by atoms with E-state index in [0.717, 1.165) is 0 Å². The molecule has 0 aromatic carbocycles. The fraction of sp³-hybridized carbons (Fsp3) is 0.800. The first-order valence-corrected chi connectivity index (χ1v) is 2.48. The maximum absolute atomic E-state index is 9.59. The number of hydrogen-bond donors (Lipinski definition) is 0. The summed E-state index contributed by atoms with van der Waals surface area (Å²) in [7, 11) is 0. The van der Waals surface area contributed by atoms with Crippen LogP contribution in [0.4, 0.5) is 4.79 Å². The van der Waals surface area contributed by atoms with Gasteiger partial charge < -0.3 is 14.8 Å². The quantitative estimate of drug-likeness (QED) is 0.375.